The Balaban J connectivity index is 1.50. The monoisotopic (exact) mass is 473 g/mol. The highest BCUT2D eigenvalue weighted by molar-refractivity contribution is 5.84. The van der Waals surface area contributed by atoms with Crippen LogP contribution in [0, 0.1) is 0 Å². The van der Waals surface area contributed by atoms with Crippen molar-refractivity contribution < 1.29 is 19.4 Å². The third-order valence-corrected chi connectivity index (χ3v) is 5.43. The van der Waals surface area contributed by atoms with Gasteiger partial charge in [0.1, 0.15) is 30.2 Å². The number of nitrogens with zero attached hydrogens (tertiary/aromatic N) is 3. The van der Waals surface area contributed by atoms with Crippen LogP contribution in [-0.4, -0.2) is 52.8 Å². The lowest BCUT2D eigenvalue weighted by Crippen LogP contribution is -2.13. The number of carboxylic acid groups (broad SMARTS) is 1. The number of pyridine rings is 1. The van der Waals surface area contributed by atoms with Crippen molar-refractivity contribution in [1.82, 2.24) is 15.0 Å². The van der Waals surface area contributed by atoms with E-state index in [-0.39, 0.29) is 6.54 Å². The molecule has 4 aromatic rings. The Labute approximate surface area is 203 Å². The third kappa shape index (κ3) is 5.75. The minimum atomic E-state index is -0.944. The lowest BCUT2D eigenvalue weighted by Gasteiger charge is -2.14. The average molecular weight is 474 g/mol. The zero-order chi connectivity index (χ0) is 24.6. The average Bonchev–Trinajstić information content (AvgIpc) is 2.88. The molecule has 4 rings (SSSR count). The molecule has 2 aromatic heterocycles. The van der Waals surface area contributed by atoms with Crippen LogP contribution in [0.15, 0.2) is 61.1 Å². The zero-order valence-corrected chi connectivity index (χ0v) is 19.6. The molecule has 0 spiro atoms. The van der Waals surface area contributed by atoms with Gasteiger partial charge in [0.2, 0.25) is 0 Å². The van der Waals surface area contributed by atoms with E-state index in [0.717, 1.165) is 39.9 Å². The van der Waals surface area contributed by atoms with Gasteiger partial charge in [-0.15, -0.1) is 0 Å². The number of nitrogens with one attached hydrogen (secondary N) is 2. The number of aliphatic carboxylic acids is 1. The number of ether oxygens (including phenoxy) is 2. The summed E-state index contributed by atoms with van der Waals surface area (Å²) in [5.74, 6) is 1.14. The summed E-state index contributed by atoms with van der Waals surface area (Å²) in [6, 6.07) is 15.2. The van der Waals surface area contributed by atoms with Crippen molar-refractivity contribution in [2.45, 2.75) is 13.3 Å². The molecule has 0 fully saturated rings. The van der Waals surface area contributed by atoms with E-state index in [9.17, 15) is 4.79 Å². The number of carboxylic acids is 1. The summed E-state index contributed by atoms with van der Waals surface area (Å²) in [6.45, 7) is 2.78. The molecule has 2 heterocycles. The van der Waals surface area contributed by atoms with Crippen molar-refractivity contribution in [3.05, 3.63) is 66.6 Å². The lowest BCUT2D eigenvalue weighted by molar-refractivity contribution is -0.134. The van der Waals surface area contributed by atoms with Crippen molar-refractivity contribution in [3.63, 3.8) is 0 Å². The summed E-state index contributed by atoms with van der Waals surface area (Å²) in [7, 11) is 1.67. The molecule has 0 aliphatic rings. The topological polar surface area (TPSA) is 118 Å². The van der Waals surface area contributed by atoms with Crippen LogP contribution in [0.25, 0.3) is 22.2 Å². The van der Waals surface area contributed by atoms with Crippen molar-refractivity contribution in [1.29, 1.82) is 0 Å². The first kappa shape index (κ1) is 23.7. The van der Waals surface area contributed by atoms with E-state index >= 15 is 0 Å². The molecular weight excluding hydrogens is 446 g/mol. The van der Waals surface area contributed by atoms with Crippen LogP contribution in [-0.2, 0) is 11.2 Å². The molecule has 0 bridgehead atoms. The molecule has 0 saturated carbocycles. The molecule has 2 aromatic carbocycles. The van der Waals surface area contributed by atoms with E-state index in [0.29, 0.717) is 30.4 Å². The second kappa shape index (κ2) is 11.1. The van der Waals surface area contributed by atoms with Gasteiger partial charge in [-0.3, -0.25) is 9.78 Å². The quantitative estimate of drug-likeness (QED) is 0.294. The molecule has 0 atom stereocenters. The third-order valence-electron chi connectivity index (χ3n) is 5.43. The van der Waals surface area contributed by atoms with E-state index in [1.54, 1.807) is 19.4 Å². The summed E-state index contributed by atoms with van der Waals surface area (Å²) in [5, 5.41) is 16.2. The zero-order valence-electron chi connectivity index (χ0n) is 19.6. The van der Waals surface area contributed by atoms with E-state index in [1.807, 2.05) is 49.4 Å². The van der Waals surface area contributed by atoms with Crippen molar-refractivity contribution in [2.75, 3.05) is 37.4 Å². The standard InChI is InChI=1S/C26H27N5O4/c1-3-35-24-13-17(6-7-21(24)29-15-26(32)33)22-14-25(31-16-30-22)28-12-10-19-18-5-4-11-27-20(18)8-9-23(19)34-2/h4-9,11,13-14,16,29H,3,10,12,15H2,1-2H3,(H,32,33)(H,28,30,31). The number of benzene rings is 2. The lowest BCUT2D eigenvalue weighted by atomic mass is 10.0. The maximum absolute atomic E-state index is 10.9. The molecule has 0 radical (unpaired) electrons. The van der Waals surface area contributed by atoms with Crippen molar-refractivity contribution >= 4 is 28.4 Å². The second-order valence-electron chi connectivity index (χ2n) is 7.67. The van der Waals surface area contributed by atoms with Gasteiger partial charge in [-0.25, -0.2) is 9.97 Å². The Hall–Kier alpha value is -4.40. The predicted molar refractivity (Wildman–Crippen MR) is 135 cm³/mol. The van der Waals surface area contributed by atoms with E-state index < -0.39 is 5.97 Å². The highest BCUT2D eigenvalue weighted by atomic mass is 16.5. The number of aromatic nitrogens is 3. The van der Waals surface area contributed by atoms with Crippen LogP contribution < -0.4 is 20.1 Å². The van der Waals surface area contributed by atoms with Gasteiger partial charge >= 0.3 is 5.97 Å². The summed E-state index contributed by atoms with van der Waals surface area (Å²) >= 11 is 0. The number of rotatable bonds is 11. The van der Waals surface area contributed by atoms with Gasteiger partial charge in [-0.05, 0) is 43.7 Å². The molecule has 9 nitrogen and oxygen atoms in total. The van der Waals surface area contributed by atoms with Gasteiger partial charge in [0.25, 0.3) is 0 Å². The molecule has 3 N–H and O–H groups in total. The van der Waals surface area contributed by atoms with Crippen LogP contribution in [0.3, 0.4) is 0 Å². The second-order valence-corrected chi connectivity index (χ2v) is 7.67. The van der Waals surface area contributed by atoms with Crippen molar-refractivity contribution in [2.24, 2.45) is 0 Å². The number of fused-ring (bicyclic) bond motifs is 1. The van der Waals surface area contributed by atoms with Crippen LogP contribution in [0.1, 0.15) is 12.5 Å². The van der Waals surface area contributed by atoms with E-state index in [4.69, 9.17) is 14.6 Å². The van der Waals surface area contributed by atoms with Crippen LogP contribution in [0.5, 0.6) is 11.5 Å². The van der Waals surface area contributed by atoms with Gasteiger partial charge in [0.15, 0.2) is 0 Å². The Kier molecular flexibility index (Phi) is 7.57. The maximum atomic E-state index is 10.9. The summed E-state index contributed by atoms with van der Waals surface area (Å²) in [5.41, 5.74) is 4.19. The molecule has 180 valence electrons. The number of hydrogen-bond donors (Lipinski definition) is 3. The minimum absolute atomic E-state index is 0.196. The summed E-state index contributed by atoms with van der Waals surface area (Å²) in [6.07, 6.45) is 4.02. The number of methoxy groups -OCH3 is 1. The Bertz CT molecular complexity index is 1330. The van der Waals surface area contributed by atoms with Gasteiger partial charge in [0, 0.05) is 35.3 Å². The number of hydrogen-bond acceptors (Lipinski definition) is 8. The highest BCUT2D eigenvalue weighted by Gasteiger charge is 2.11. The van der Waals surface area contributed by atoms with Gasteiger partial charge in [-0.2, -0.15) is 0 Å². The fourth-order valence-corrected chi connectivity index (χ4v) is 3.84. The SMILES string of the molecule is CCOc1cc(-c2cc(NCCc3c(OC)ccc4ncccc34)ncn2)ccc1NCC(=O)O. The molecule has 0 aliphatic heterocycles. The largest absolute Gasteiger partial charge is 0.496 e. The molecule has 35 heavy (non-hydrogen) atoms. The predicted octanol–water partition coefficient (Wildman–Crippen LogP) is 4.25. The first-order chi connectivity index (χ1) is 17.1. The molecule has 0 amide bonds. The van der Waals surface area contributed by atoms with E-state index in [2.05, 4.69) is 25.6 Å². The first-order valence-electron chi connectivity index (χ1n) is 11.3. The van der Waals surface area contributed by atoms with Crippen LogP contribution >= 0.6 is 0 Å². The molecule has 0 aliphatic carbocycles. The maximum Gasteiger partial charge on any atom is 0.322 e. The molecular formula is C26H27N5O4. The summed E-state index contributed by atoms with van der Waals surface area (Å²) < 4.78 is 11.3. The minimum Gasteiger partial charge on any atom is -0.496 e. The smallest absolute Gasteiger partial charge is 0.322 e. The van der Waals surface area contributed by atoms with Gasteiger partial charge in [0.05, 0.1) is 30.6 Å². The molecule has 0 saturated heterocycles. The van der Waals surface area contributed by atoms with Crippen LogP contribution in [0.2, 0.25) is 0 Å². The Morgan fingerprint density at radius 3 is 2.71 bits per heavy atom. The molecule has 9 heteroatoms. The highest BCUT2D eigenvalue weighted by Crippen LogP contribution is 2.31. The molecule has 0 unspecified atom stereocenters. The normalized spacial score (nSPS) is 10.7. The fourth-order valence-electron chi connectivity index (χ4n) is 3.84. The fraction of sp³-hybridized carbons (Fsp3) is 0.231. The Morgan fingerprint density at radius 1 is 1.03 bits per heavy atom. The van der Waals surface area contributed by atoms with Gasteiger partial charge in [-0.1, -0.05) is 12.1 Å². The van der Waals surface area contributed by atoms with E-state index in [1.165, 1.54) is 6.33 Å². The first-order valence-corrected chi connectivity index (χ1v) is 11.3. The number of anilines is 2. The van der Waals surface area contributed by atoms with Gasteiger partial charge < -0.3 is 25.2 Å². The number of carbonyl (C=O) groups is 1. The Morgan fingerprint density at radius 2 is 1.91 bits per heavy atom. The van der Waals surface area contributed by atoms with Crippen LogP contribution in [0.4, 0.5) is 11.5 Å². The van der Waals surface area contributed by atoms with Crippen molar-refractivity contribution in [3.8, 4) is 22.8 Å². The summed E-state index contributed by atoms with van der Waals surface area (Å²) in [4.78, 5) is 24.1.